The van der Waals surface area contributed by atoms with Gasteiger partial charge in [-0.3, -0.25) is 4.79 Å². The molecule has 138 valence electrons. The van der Waals surface area contributed by atoms with E-state index in [-0.39, 0.29) is 11.8 Å². The summed E-state index contributed by atoms with van der Waals surface area (Å²) in [5.74, 6) is -0.667. The summed E-state index contributed by atoms with van der Waals surface area (Å²) in [4.78, 5) is 12.4. The van der Waals surface area contributed by atoms with Crippen molar-refractivity contribution in [2.45, 2.75) is 31.6 Å². The Balaban J connectivity index is 1.65. The maximum atomic E-state index is 12.4. The van der Waals surface area contributed by atoms with Crippen LogP contribution in [0.2, 0.25) is 0 Å². The smallest absolute Gasteiger partial charge is 0.235 e. The quantitative estimate of drug-likeness (QED) is 0.715. The number of sulfone groups is 1. The molecule has 2 aromatic rings. The Morgan fingerprint density at radius 3 is 2.50 bits per heavy atom. The zero-order chi connectivity index (χ0) is 18.7. The maximum absolute atomic E-state index is 12.4. The van der Waals surface area contributed by atoms with E-state index in [1.54, 1.807) is 18.2 Å². The highest BCUT2D eigenvalue weighted by atomic mass is 79.9. The number of benzene rings is 2. The fourth-order valence-electron chi connectivity index (χ4n) is 3.02. The van der Waals surface area contributed by atoms with E-state index < -0.39 is 21.5 Å². The Morgan fingerprint density at radius 2 is 1.88 bits per heavy atom. The average molecular weight is 436 g/mol. The minimum absolute atomic E-state index is 0.107. The molecule has 1 fully saturated rings. The van der Waals surface area contributed by atoms with Crippen molar-refractivity contribution in [3.8, 4) is 0 Å². The first-order chi connectivity index (χ1) is 12.3. The number of hydrogen-bond donors (Lipinski definition) is 1. The third-order valence-electron chi connectivity index (χ3n) is 4.47. The molecule has 3 rings (SSSR count). The molecule has 26 heavy (non-hydrogen) atoms. The van der Waals surface area contributed by atoms with Crippen LogP contribution in [0.4, 0.5) is 0 Å². The molecule has 0 heterocycles. The van der Waals surface area contributed by atoms with Crippen LogP contribution in [0.5, 0.6) is 0 Å². The van der Waals surface area contributed by atoms with Gasteiger partial charge in [-0.1, -0.05) is 57.9 Å². The topological polar surface area (TPSA) is 63.2 Å². The van der Waals surface area contributed by atoms with Crippen LogP contribution in [0.25, 0.3) is 0 Å². The van der Waals surface area contributed by atoms with E-state index in [0.717, 1.165) is 28.4 Å². The van der Waals surface area contributed by atoms with Gasteiger partial charge in [-0.15, -0.1) is 0 Å². The molecule has 0 bridgehead atoms. The van der Waals surface area contributed by atoms with Crippen LogP contribution < -0.4 is 5.32 Å². The molecule has 0 spiro atoms. The summed E-state index contributed by atoms with van der Waals surface area (Å²) < 4.78 is 25.6. The Bertz CT molecular complexity index is 890. The first-order valence-corrected chi connectivity index (χ1v) is 11.2. The minimum atomic E-state index is -3.52. The Kier molecular flexibility index (Phi) is 5.82. The van der Waals surface area contributed by atoms with E-state index in [4.69, 9.17) is 0 Å². The van der Waals surface area contributed by atoms with Gasteiger partial charge >= 0.3 is 0 Å². The normalized spacial score (nSPS) is 15.5. The highest BCUT2D eigenvalue weighted by Gasteiger charge is 2.34. The highest BCUT2D eigenvalue weighted by molar-refractivity contribution is 9.10. The fourth-order valence-corrected chi connectivity index (χ4v) is 4.74. The molecule has 6 heteroatoms. The number of aryl methyl sites for hydroxylation is 1. The van der Waals surface area contributed by atoms with Crippen molar-refractivity contribution in [3.05, 3.63) is 69.7 Å². The number of carbonyl (C=O) groups is 1. The van der Waals surface area contributed by atoms with E-state index in [9.17, 15) is 13.2 Å². The summed E-state index contributed by atoms with van der Waals surface area (Å²) in [6, 6.07) is 15.1. The molecule has 1 aliphatic carbocycles. The predicted molar refractivity (Wildman–Crippen MR) is 106 cm³/mol. The highest BCUT2D eigenvalue weighted by Crippen LogP contribution is 2.41. The van der Waals surface area contributed by atoms with Gasteiger partial charge in [-0.05, 0) is 48.9 Å². The van der Waals surface area contributed by atoms with Gasteiger partial charge in [0, 0.05) is 4.47 Å². The fraction of sp³-hybridized carbons (Fsp3) is 0.350. The molecule has 1 aliphatic rings. The van der Waals surface area contributed by atoms with E-state index in [1.807, 2.05) is 37.3 Å². The van der Waals surface area contributed by atoms with Crippen LogP contribution >= 0.6 is 15.9 Å². The van der Waals surface area contributed by atoms with Crippen LogP contribution in [0.3, 0.4) is 0 Å². The van der Waals surface area contributed by atoms with Crippen molar-refractivity contribution in [2.24, 2.45) is 5.92 Å². The van der Waals surface area contributed by atoms with Gasteiger partial charge < -0.3 is 5.32 Å². The Labute approximate surface area is 163 Å². The predicted octanol–water partition coefficient (Wildman–Crippen LogP) is 3.94. The second kappa shape index (κ2) is 7.92. The summed E-state index contributed by atoms with van der Waals surface area (Å²) in [7, 11) is -3.52. The molecule has 1 amide bonds. The molecule has 0 saturated heterocycles. The molecule has 2 aromatic carbocycles. The second-order valence-electron chi connectivity index (χ2n) is 6.96. The lowest BCUT2D eigenvalue weighted by molar-refractivity contribution is -0.119. The third kappa shape index (κ3) is 5.42. The Morgan fingerprint density at radius 1 is 1.19 bits per heavy atom. The lowest BCUT2D eigenvalue weighted by Gasteiger charge is -2.19. The number of hydrogen-bond acceptors (Lipinski definition) is 3. The molecule has 0 radical (unpaired) electrons. The lowest BCUT2D eigenvalue weighted by Crippen LogP contribution is -2.35. The van der Waals surface area contributed by atoms with E-state index in [2.05, 4.69) is 21.2 Å². The van der Waals surface area contributed by atoms with Crippen molar-refractivity contribution in [2.75, 3.05) is 5.75 Å². The number of rotatable bonds is 7. The van der Waals surface area contributed by atoms with Gasteiger partial charge in [-0.25, -0.2) is 8.42 Å². The van der Waals surface area contributed by atoms with Crippen molar-refractivity contribution in [1.29, 1.82) is 0 Å². The molecule has 1 unspecified atom stereocenters. The summed E-state index contributed by atoms with van der Waals surface area (Å²) >= 11 is 3.33. The van der Waals surface area contributed by atoms with Crippen LogP contribution in [-0.2, 0) is 20.4 Å². The molecule has 1 atom stereocenters. The van der Waals surface area contributed by atoms with Crippen molar-refractivity contribution < 1.29 is 13.2 Å². The summed E-state index contributed by atoms with van der Waals surface area (Å²) in [5.41, 5.74) is 2.87. The van der Waals surface area contributed by atoms with Gasteiger partial charge in [0.1, 0.15) is 5.75 Å². The molecule has 1 saturated carbocycles. The van der Waals surface area contributed by atoms with Gasteiger partial charge in [0.25, 0.3) is 0 Å². The van der Waals surface area contributed by atoms with Gasteiger partial charge in [0.2, 0.25) is 5.91 Å². The van der Waals surface area contributed by atoms with Crippen LogP contribution in [0, 0.1) is 12.8 Å². The second-order valence-corrected chi connectivity index (χ2v) is 9.94. The zero-order valence-corrected chi connectivity index (χ0v) is 17.0. The summed E-state index contributed by atoms with van der Waals surface area (Å²) in [5, 5.41) is 2.94. The average Bonchev–Trinajstić information content (AvgIpc) is 3.37. The minimum Gasteiger partial charge on any atom is -0.348 e. The van der Waals surface area contributed by atoms with Gasteiger partial charge in [-0.2, -0.15) is 0 Å². The van der Waals surface area contributed by atoms with Crippen molar-refractivity contribution in [1.82, 2.24) is 5.32 Å². The number of carbonyl (C=O) groups excluding carboxylic acids is 1. The van der Waals surface area contributed by atoms with Gasteiger partial charge in [0.05, 0.1) is 11.8 Å². The van der Waals surface area contributed by atoms with Crippen molar-refractivity contribution in [3.63, 3.8) is 0 Å². The number of halogens is 1. The largest absolute Gasteiger partial charge is 0.348 e. The monoisotopic (exact) mass is 435 g/mol. The zero-order valence-electron chi connectivity index (χ0n) is 14.6. The molecule has 1 N–H and O–H groups in total. The summed E-state index contributed by atoms with van der Waals surface area (Å²) in [6.45, 7) is 2.02. The SMILES string of the molecule is Cc1ccc(C(NC(=O)CS(=O)(=O)Cc2cccc(Br)c2)C2CC2)cc1. The molecule has 0 aliphatic heterocycles. The molecular formula is C20H22BrNO3S. The van der Waals surface area contributed by atoms with Crippen LogP contribution in [-0.4, -0.2) is 20.1 Å². The molecule has 4 nitrogen and oxygen atoms in total. The van der Waals surface area contributed by atoms with E-state index >= 15 is 0 Å². The first-order valence-electron chi connectivity index (χ1n) is 8.63. The number of nitrogens with one attached hydrogen (secondary N) is 1. The van der Waals surface area contributed by atoms with Crippen LogP contribution in [0.1, 0.15) is 35.6 Å². The lowest BCUT2D eigenvalue weighted by atomic mass is 10.0. The van der Waals surface area contributed by atoms with Crippen LogP contribution in [0.15, 0.2) is 53.0 Å². The van der Waals surface area contributed by atoms with Gasteiger partial charge in [0.15, 0.2) is 9.84 Å². The molecule has 0 aromatic heterocycles. The van der Waals surface area contributed by atoms with E-state index in [1.165, 1.54) is 0 Å². The van der Waals surface area contributed by atoms with Crippen molar-refractivity contribution >= 4 is 31.7 Å². The Hall–Kier alpha value is -1.66. The standard InChI is InChI=1S/C20H22BrNO3S/c1-14-5-7-16(8-6-14)20(17-9-10-17)22-19(23)13-26(24,25)12-15-3-2-4-18(21)11-15/h2-8,11,17,20H,9-10,12-13H2,1H3,(H,22,23). The third-order valence-corrected chi connectivity index (χ3v) is 6.44. The van der Waals surface area contributed by atoms with E-state index in [0.29, 0.717) is 11.5 Å². The summed E-state index contributed by atoms with van der Waals surface area (Å²) in [6.07, 6.45) is 2.12. The molecular weight excluding hydrogens is 414 g/mol. The number of amides is 1. The maximum Gasteiger partial charge on any atom is 0.235 e. The first kappa shape index (κ1) is 19.1.